The highest BCUT2D eigenvalue weighted by Gasteiger charge is 2.35. The smallest absolute Gasteiger partial charge is 0.263 e. The van der Waals surface area contributed by atoms with Crippen molar-refractivity contribution < 1.29 is 17.9 Å². The highest BCUT2D eigenvalue weighted by atomic mass is 32.2. The number of carbonyl (C=O) groups is 1. The van der Waals surface area contributed by atoms with Gasteiger partial charge in [-0.15, -0.1) is 0 Å². The zero-order chi connectivity index (χ0) is 18.0. The average molecular weight is 360 g/mol. The van der Waals surface area contributed by atoms with Crippen molar-refractivity contribution in [2.75, 3.05) is 17.1 Å². The number of para-hydroxylation sites is 2. The zero-order valence-electron chi connectivity index (χ0n) is 14.0. The van der Waals surface area contributed by atoms with Crippen molar-refractivity contribution in [2.45, 2.75) is 19.1 Å². The summed E-state index contributed by atoms with van der Waals surface area (Å²) in [7, 11) is -3.51. The molecule has 3 rings (SSSR count). The van der Waals surface area contributed by atoms with Gasteiger partial charge in [0, 0.05) is 0 Å². The Bertz CT molecular complexity index is 868. The molecule has 2 atom stereocenters. The molecule has 1 aliphatic heterocycles. The number of nitrogens with one attached hydrogen (secondary N) is 1. The first kappa shape index (κ1) is 17.3. The Balaban J connectivity index is 1.80. The van der Waals surface area contributed by atoms with E-state index in [9.17, 15) is 13.2 Å². The van der Waals surface area contributed by atoms with Crippen LogP contribution in [0, 0.1) is 0 Å². The van der Waals surface area contributed by atoms with Crippen LogP contribution >= 0.6 is 0 Å². The molecular formula is C18H20N2O4S. The molecule has 0 radical (unpaired) electrons. The molecule has 25 heavy (non-hydrogen) atoms. The number of ether oxygens (including phenoxy) is 1. The van der Waals surface area contributed by atoms with Gasteiger partial charge in [-0.25, -0.2) is 8.42 Å². The molecule has 0 unspecified atom stereocenters. The van der Waals surface area contributed by atoms with Gasteiger partial charge < -0.3 is 10.1 Å². The number of anilines is 1. The minimum atomic E-state index is -3.51. The molecule has 1 aliphatic rings. The summed E-state index contributed by atoms with van der Waals surface area (Å²) in [6, 6.07) is 16.1. The van der Waals surface area contributed by atoms with E-state index in [4.69, 9.17) is 4.74 Å². The minimum absolute atomic E-state index is 0.0524. The van der Waals surface area contributed by atoms with E-state index in [-0.39, 0.29) is 18.5 Å². The Morgan fingerprint density at radius 3 is 2.48 bits per heavy atom. The summed E-state index contributed by atoms with van der Waals surface area (Å²) in [6.07, 6.45) is 0.215. The van der Waals surface area contributed by atoms with Gasteiger partial charge in [-0.05, 0) is 24.6 Å². The van der Waals surface area contributed by atoms with Gasteiger partial charge in [-0.3, -0.25) is 9.10 Å². The number of hydrogen-bond donors (Lipinski definition) is 1. The molecule has 2 aromatic rings. The zero-order valence-corrected chi connectivity index (χ0v) is 14.9. The Kier molecular flexibility index (Phi) is 4.67. The third-order valence-electron chi connectivity index (χ3n) is 4.09. The Morgan fingerprint density at radius 1 is 1.16 bits per heavy atom. The third kappa shape index (κ3) is 3.76. The number of benzene rings is 2. The molecule has 1 N–H and O–H groups in total. The average Bonchev–Trinajstić information content (AvgIpc) is 2.60. The monoisotopic (exact) mass is 360 g/mol. The van der Waals surface area contributed by atoms with Crippen molar-refractivity contribution in [1.82, 2.24) is 5.32 Å². The fraction of sp³-hybridized carbons (Fsp3) is 0.278. The molecular weight excluding hydrogens is 340 g/mol. The van der Waals surface area contributed by atoms with Gasteiger partial charge >= 0.3 is 0 Å². The summed E-state index contributed by atoms with van der Waals surface area (Å²) in [6.45, 7) is 1.82. The van der Waals surface area contributed by atoms with Gasteiger partial charge in [0.05, 0.1) is 24.5 Å². The van der Waals surface area contributed by atoms with Crippen LogP contribution in [0.25, 0.3) is 0 Å². The summed E-state index contributed by atoms with van der Waals surface area (Å²) in [4.78, 5) is 12.6. The molecule has 0 spiro atoms. The number of carbonyl (C=O) groups excluding carboxylic acids is 1. The topological polar surface area (TPSA) is 75.7 Å². The summed E-state index contributed by atoms with van der Waals surface area (Å²) in [5.41, 5.74) is 1.41. The molecule has 7 heteroatoms. The number of hydrogen-bond acceptors (Lipinski definition) is 4. The fourth-order valence-corrected chi connectivity index (χ4v) is 3.70. The molecule has 0 saturated carbocycles. The van der Waals surface area contributed by atoms with Gasteiger partial charge in [0.1, 0.15) is 5.75 Å². The van der Waals surface area contributed by atoms with E-state index in [1.165, 1.54) is 4.31 Å². The van der Waals surface area contributed by atoms with E-state index in [0.29, 0.717) is 11.4 Å². The molecule has 0 bridgehead atoms. The maximum atomic E-state index is 12.6. The number of nitrogens with zero attached hydrogens (tertiary/aromatic N) is 1. The largest absolute Gasteiger partial charge is 0.476 e. The maximum Gasteiger partial charge on any atom is 0.263 e. The van der Waals surface area contributed by atoms with E-state index in [2.05, 4.69) is 5.32 Å². The lowest BCUT2D eigenvalue weighted by Crippen LogP contribution is -2.50. The first-order valence-electron chi connectivity index (χ1n) is 7.95. The molecule has 6 nitrogen and oxygen atoms in total. The van der Waals surface area contributed by atoms with Crippen LogP contribution in [0.1, 0.15) is 18.5 Å². The quantitative estimate of drug-likeness (QED) is 0.906. The van der Waals surface area contributed by atoms with E-state index in [1.807, 2.05) is 37.3 Å². The van der Waals surface area contributed by atoms with Crippen LogP contribution < -0.4 is 14.4 Å². The Morgan fingerprint density at radius 2 is 1.80 bits per heavy atom. The van der Waals surface area contributed by atoms with Gasteiger partial charge in [-0.1, -0.05) is 42.5 Å². The predicted octanol–water partition coefficient (Wildman–Crippen LogP) is 2.09. The first-order valence-corrected chi connectivity index (χ1v) is 9.80. The van der Waals surface area contributed by atoms with Crippen molar-refractivity contribution in [3.05, 3.63) is 60.2 Å². The van der Waals surface area contributed by atoms with Crippen LogP contribution in [-0.4, -0.2) is 33.2 Å². The van der Waals surface area contributed by atoms with Crippen molar-refractivity contribution in [3.63, 3.8) is 0 Å². The van der Waals surface area contributed by atoms with Gasteiger partial charge in [0.25, 0.3) is 5.91 Å². The summed E-state index contributed by atoms with van der Waals surface area (Å²) in [5, 5.41) is 2.88. The molecule has 0 fully saturated rings. The lowest BCUT2D eigenvalue weighted by molar-refractivity contribution is -0.128. The first-order chi connectivity index (χ1) is 11.9. The molecule has 1 amide bonds. The van der Waals surface area contributed by atoms with E-state index >= 15 is 0 Å². The minimum Gasteiger partial charge on any atom is -0.476 e. The summed E-state index contributed by atoms with van der Waals surface area (Å²) >= 11 is 0. The van der Waals surface area contributed by atoms with Crippen LogP contribution in [0.3, 0.4) is 0 Å². The van der Waals surface area contributed by atoms with E-state index in [0.717, 1.165) is 11.8 Å². The second kappa shape index (κ2) is 6.76. The molecule has 0 aliphatic carbocycles. The number of amides is 1. The molecule has 1 heterocycles. The van der Waals surface area contributed by atoms with Gasteiger partial charge in [0.2, 0.25) is 10.0 Å². The van der Waals surface area contributed by atoms with E-state index in [1.54, 1.807) is 24.3 Å². The molecule has 0 aromatic heterocycles. The third-order valence-corrected chi connectivity index (χ3v) is 5.23. The highest BCUT2D eigenvalue weighted by molar-refractivity contribution is 7.92. The van der Waals surface area contributed by atoms with Gasteiger partial charge in [-0.2, -0.15) is 0 Å². The second-order valence-electron chi connectivity index (χ2n) is 6.01. The molecule has 2 aromatic carbocycles. The van der Waals surface area contributed by atoms with Crippen molar-refractivity contribution in [3.8, 4) is 5.75 Å². The van der Waals surface area contributed by atoms with Crippen LogP contribution in [0.2, 0.25) is 0 Å². The SMILES string of the molecule is C[C@H](NC(=O)[C@H]1CN(S(C)(=O)=O)c2ccccc2O1)c1ccccc1. The lowest BCUT2D eigenvalue weighted by Gasteiger charge is -2.34. The highest BCUT2D eigenvalue weighted by Crippen LogP contribution is 2.34. The second-order valence-corrected chi connectivity index (χ2v) is 7.92. The maximum absolute atomic E-state index is 12.6. The lowest BCUT2D eigenvalue weighted by atomic mass is 10.1. The number of sulfonamides is 1. The van der Waals surface area contributed by atoms with Crippen LogP contribution in [0.15, 0.2) is 54.6 Å². The van der Waals surface area contributed by atoms with E-state index < -0.39 is 16.1 Å². The van der Waals surface area contributed by atoms with Gasteiger partial charge in [0.15, 0.2) is 6.10 Å². The molecule has 132 valence electrons. The Hall–Kier alpha value is -2.54. The van der Waals surface area contributed by atoms with Crippen molar-refractivity contribution >= 4 is 21.6 Å². The number of fused-ring (bicyclic) bond motifs is 1. The standard InChI is InChI=1S/C18H20N2O4S/c1-13(14-8-4-3-5-9-14)19-18(21)17-12-20(25(2,22)23)15-10-6-7-11-16(15)24-17/h3-11,13,17H,12H2,1-2H3,(H,19,21)/t13-,17+/m0/s1. The van der Waals surface area contributed by atoms with Crippen molar-refractivity contribution in [2.24, 2.45) is 0 Å². The van der Waals surface area contributed by atoms with Crippen LogP contribution in [-0.2, 0) is 14.8 Å². The summed E-state index contributed by atoms with van der Waals surface area (Å²) in [5.74, 6) is 0.0335. The Labute approximate surface area is 147 Å². The normalized spacial score (nSPS) is 18.0. The predicted molar refractivity (Wildman–Crippen MR) is 96.0 cm³/mol. The fourth-order valence-electron chi connectivity index (χ4n) is 2.78. The van der Waals surface area contributed by atoms with Crippen molar-refractivity contribution in [1.29, 1.82) is 0 Å². The van der Waals surface area contributed by atoms with Crippen LogP contribution in [0.5, 0.6) is 5.75 Å². The van der Waals surface area contributed by atoms with Crippen LogP contribution in [0.4, 0.5) is 5.69 Å². The summed E-state index contributed by atoms with van der Waals surface area (Å²) < 4.78 is 31.1. The molecule has 0 saturated heterocycles. The number of rotatable bonds is 4.